The molecule has 3 rings (SSSR count). The third-order valence-electron chi connectivity index (χ3n) is 4.64. The molecule has 0 bridgehead atoms. The van der Waals surface area contributed by atoms with Gasteiger partial charge in [0.05, 0.1) is 19.8 Å². The summed E-state index contributed by atoms with van der Waals surface area (Å²) in [7, 11) is 3.32. The van der Waals surface area contributed by atoms with Crippen LogP contribution in [0.3, 0.4) is 0 Å². The molecular weight excluding hydrogens is 316 g/mol. The monoisotopic (exact) mass is 344 g/mol. The van der Waals surface area contributed by atoms with E-state index in [0.29, 0.717) is 19.2 Å². The molecule has 1 N–H and O–H groups in total. The first kappa shape index (κ1) is 18.0. The van der Waals surface area contributed by atoms with Crippen molar-refractivity contribution in [3.05, 3.63) is 53.9 Å². The first-order valence-corrected chi connectivity index (χ1v) is 8.87. The quantitative estimate of drug-likeness (QED) is 0.719. The summed E-state index contributed by atoms with van der Waals surface area (Å²) in [6.07, 6.45) is 4.12. The SMILES string of the molecule is COCC(O)CN(Cc1cccn1Cc1cccc(OC)c1)C1CC1. The number of rotatable bonds is 10. The van der Waals surface area contributed by atoms with E-state index in [1.54, 1.807) is 14.2 Å². The highest BCUT2D eigenvalue weighted by Crippen LogP contribution is 2.28. The molecule has 25 heavy (non-hydrogen) atoms. The van der Waals surface area contributed by atoms with E-state index in [4.69, 9.17) is 9.47 Å². The van der Waals surface area contributed by atoms with Gasteiger partial charge in [-0.1, -0.05) is 12.1 Å². The van der Waals surface area contributed by atoms with E-state index in [-0.39, 0.29) is 0 Å². The standard InChI is InChI=1S/C20H28N2O3/c1-24-15-19(23)14-22(17-8-9-17)13-18-6-4-10-21(18)12-16-5-3-7-20(11-16)25-2/h3-7,10-11,17,19,23H,8-9,12-15H2,1-2H3. The Morgan fingerprint density at radius 1 is 1.24 bits per heavy atom. The maximum atomic E-state index is 10.1. The van der Waals surface area contributed by atoms with Gasteiger partial charge in [-0.25, -0.2) is 0 Å². The molecule has 1 aromatic carbocycles. The highest BCUT2D eigenvalue weighted by atomic mass is 16.5. The molecule has 1 aromatic heterocycles. The van der Waals surface area contributed by atoms with Crippen molar-refractivity contribution < 1.29 is 14.6 Å². The van der Waals surface area contributed by atoms with Gasteiger partial charge in [-0.05, 0) is 42.7 Å². The molecule has 0 spiro atoms. The number of aliphatic hydroxyl groups is 1. The second-order valence-electron chi connectivity index (χ2n) is 6.75. The fourth-order valence-corrected chi connectivity index (χ4v) is 3.22. The molecule has 1 aliphatic carbocycles. The minimum atomic E-state index is -0.438. The Balaban J connectivity index is 1.67. The Bertz CT molecular complexity index is 666. The lowest BCUT2D eigenvalue weighted by atomic mass is 10.2. The predicted octanol–water partition coefficient (Wildman–Crippen LogP) is 2.52. The molecule has 1 unspecified atom stereocenters. The van der Waals surface area contributed by atoms with Gasteiger partial charge in [0.2, 0.25) is 0 Å². The maximum absolute atomic E-state index is 10.1. The molecule has 1 atom stereocenters. The number of nitrogens with zero attached hydrogens (tertiary/aromatic N) is 2. The Morgan fingerprint density at radius 2 is 2.08 bits per heavy atom. The molecule has 2 aromatic rings. The van der Waals surface area contributed by atoms with Gasteiger partial charge in [0.25, 0.3) is 0 Å². The van der Waals surface area contributed by atoms with Crippen molar-refractivity contribution in [1.82, 2.24) is 9.47 Å². The minimum Gasteiger partial charge on any atom is -0.497 e. The zero-order chi connectivity index (χ0) is 17.6. The van der Waals surface area contributed by atoms with Gasteiger partial charge >= 0.3 is 0 Å². The predicted molar refractivity (Wildman–Crippen MR) is 97.8 cm³/mol. The molecular formula is C20H28N2O3. The van der Waals surface area contributed by atoms with Crippen LogP contribution < -0.4 is 4.74 Å². The second-order valence-corrected chi connectivity index (χ2v) is 6.75. The van der Waals surface area contributed by atoms with E-state index in [0.717, 1.165) is 18.8 Å². The van der Waals surface area contributed by atoms with Crippen LogP contribution in [0, 0.1) is 0 Å². The molecule has 1 aliphatic rings. The summed E-state index contributed by atoms with van der Waals surface area (Å²) in [6, 6.07) is 13.0. The van der Waals surface area contributed by atoms with Gasteiger partial charge < -0.3 is 19.1 Å². The van der Waals surface area contributed by atoms with E-state index < -0.39 is 6.10 Å². The number of hydrogen-bond acceptors (Lipinski definition) is 4. The molecule has 0 amide bonds. The van der Waals surface area contributed by atoms with E-state index in [2.05, 4.69) is 39.9 Å². The summed E-state index contributed by atoms with van der Waals surface area (Å²) in [5, 5.41) is 10.1. The second kappa shape index (κ2) is 8.52. The van der Waals surface area contributed by atoms with Crippen molar-refractivity contribution in [1.29, 1.82) is 0 Å². The largest absolute Gasteiger partial charge is 0.497 e. The van der Waals surface area contributed by atoms with Gasteiger partial charge in [-0.15, -0.1) is 0 Å². The van der Waals surface area contributed by atoms with E-state index in [1.165, 1.54) is 24.1 Å². The lowest BCUT2D eigenvalue weighted by Crippen LogP contribution is -2.36. The van der Waals surface area contributed by atoms with Crippen LogP contribution in [0.15, 0.2) is 42.6 Å². The Kier molecular flexibility index (Phi) is 6.13. The first-order valence-electron chi connectivity index (χ1n) is 8.87. The molecule has 0 saturated heterocycles. The Labute approximate surface area is 149 Å². The molecule has 5 heteroatoms. The zero-order valence-corrected chi connectivity index (χ0v) is 15.1. The number of methoxy groups -OCH3 is 2. The topological polar surface area (TPSA) is 46.9 Å². The van der Waals surface area contributed by atoms with Crippen LogP contribution in [0.1, 0.15) is 24.1 Å². The number of aromatic nitrogens is 1. The third kappa shape index (κ3) is 5.08. The van der Waals surface area contributed by atoms with Crippen LogP contribution >= 0.6 is 0 Å². The highest BCUT2D eigenvalue weighted by Gasteiger charge is 2.30. The van der Waals surface area contributed by atoms with Crippen molar-refractivity contribution >= 4 is 0 Å². The molecule has 1 fully saturated rings. The number of benzene rings is 1. The summed E-state index contributed by atoms with van der Waals surface area (Å²) in [6.45, 7) is 2.71. The van der Waals surface area contributed by atoms with Crippen molar-refractivity contribution in [3.8, 4) is 5.75 Å². The third-order valence-corrected chi connectivity index (χ3v) is 4.64. The molecule has 0 radical (unpaired) electrons. The smallest absolute Gasteiger partial charge is 0.119 e. The molecule has 0 aliphatic heterocycles. The summed E-state index contributed by atoms with van der Waals surface area (Å²) >= 11 is 0. The number of hydrogen-bond donors (Lipinski definition) is 1. The minimum absolute atomic E-state index is 0.383. The summed E-state index contributed by atoms with van der Waals surface area (Å²) in [4.78, 5) is 2.38. The van der Waals surface area contributed by atoms with Gasteiger partial charge in [0.1, 0.15) is 5.75 Å². The van der Waals surface area contributed by atoms with Crippen LogP contribution in [0.2, 0.25) is 0 Å². The van der Waals surface area contributed by atoms with Crippen LogP contribution in [0.4, 0.5) is 0 Å². The normalized spacial score (nSPS) is 15.5. The molecule has 5 nitrogen and oxygen atoms in total. The lowest BCUT2D eigenvalue weighted by molar-refractivity contribution is 0.0332. The van der Waals surface area contributed by atoms with Gasteiger partial charge in [0.15, 0.2) is 0 Å². The van der Waals surface area contributed by atoms with E-state index in [9.17, 15) is 5.11 Å². The average Bonchev–Trinajstić information content (AvgIpc) is 3.37. The summed E-state index contributed by atoms with van der Waals surface area (Å²) in [5.41, 5.74) is 2.48. The maximum Gasteiger partial charge on any atom is 0.119 e. The van der Waals surface area contributed by atoms with Crippen molar-refractivity contribution in [2.45, 2.75) is 38.1 Å². The van der Waals surface area contributed by atoms with Crippen molar-refractivity contribution in [2.24, 2.45) is 0 Å². The average molecular weight is 344 g/mol. The van der Waals surface area contributed by atoms with E-state index in [1.807, 2.05) is 12.1 Å². The van der Waals surface area contributed by atoms with Crippen LogP contribution in [-0.4, -0.2) is 54.1 Å². The Hall–Kier alpha value is -1.82. The van der Waals surface area contributed by atoms with Crippen LogP contribution in [0.5, 0.6) is 5.75 Å². The zero-order valence-electron chi connectivity index (χ0n) is 15.1. The number of aliphatic hydroxyl groups excluding tert-OH is 1. The van der Waals surface area contributed by atoms with Gasteiger partial charge in [0, 0.05) is 44.7 Å². The fraction of sp³-hybridized carbons (Fsp3) is 0.500. The molecule has 1 saturated carbocycles. The first-order chi connectivity index (χ1) is 12.2. The Morgan fingerprint density at radius 3 is 2.80 bits per heavy atom. The lowest BCUT2D eigenvalue weighted by Gasteiger charge is -2.25. The fourth-order valence-electron chi connectivity index (χ4n) is 3.22. The van der Waals surface area contributed by atoms with Crippen LogP contribution in [0.25, 0.3) is 0 Å². The van der Waals surface area contributed by atoms with Crippen molar-refractivity contribution in [2.75, 3.05) is 27.4 Å². The van der Waals surface area contributed by atoms with E-state index >= 15 is 0 Å². The summed E-state index contributed by atoms with van der Waals surface area (Å²) < 4.78 is 12.7. The molecule has 136 valence electrons. The highest BCUT2D eigenvalue weighted by molar-refractivity contribution is 5.29. The van der Waals surface area contributed by atoms with Crippen molar-refractivity contribution in [3.63, 3.8) is 0 Å². The van der Waals surface area contributed by atoms with Crippen LogP contribution in [-0.2, 0) is 17.8 Å². The van der Waals surface area contributed by atoms with Gasteiger partial charge in [-0.2, -0.15) is 0 Å². The number of ether oxygens (including phenoxy) is 2. The molecule has 1 heterocycles. The summed E-state index contributed by atoms with van der Waals surface area (Å²) in [5.74, 6) is 0.883. The van der Waals surface area contributed by atoms with Gasteiger partial charge in [-0.3, -0.25) is 4.90 Å².